The van der Waals surface area contributed by atoms with Crippen LogP contribution in [0.3, 0.4) is 0 Å². The maximum atomic E-state index is 3.25. The van der Waals surface area contributed by atoms with Gasteiger partial charge in [-0.25, -0.2) is 0 Å². The molecule has 0 radical (unpaired) electrons. The number of nitrogens with zero attached hydrogens (tertiary/aromatic N) is 1. The molecule has 0 amide bonds. The van der Waals surface area contributed by atoms with E-state index in [4.69, 9.17) is 0 Å². The van der Waals surface area contributed by atoms with Gasteiger partial charge < -0.3 is 4.90 Å². The van der Waals surface area contributed by atoms with Crippen molar-refractivity contribution in [2.45, 2.75) is 19.9 Å². The first-order valence-electron chi connectivity index (χ1n) is 8.92. The molecule has 1 nitrogen and oxygen atoms in total. The summed E-state index contributed by atoms with van der Waals surface area (Å²) >= 11 is 0. The summed E-state index contributed by atoms with van der Waals surface area (Å²) in [7, 11) is 0. The van der Waals surface area contributed by atoms with Crippen molar-refractivity contribution in [1.82, 2.24) is 0 Å². The highest BCUT2D eigenvalue weighted by molar-refractivity contribution is 5.81. The molecular weight excluding hydrogens is 314 g/mol. The van der Waals surface area contributed by atoms with Crippen LogP contribution in [0.15, 0.2) is 97.1 Å². The predicted molar refractivity (Wildman–Crippen MR) is 112 cm³/mol. The maximum absolute atomic E-state index is 3.25. The van der Waals surface area contributed by atoms with Gasteiger partial charge in [-0.3, -0.25) is 0 Å². The molecule has 0 aromatic heterocycles. The molecule has 0 N–H and O–H groups in total. The third-order valence-electron chi connectivity index (χ3n) is 4.08. The van der Waals surface area contributed by atoms with Gasteiger partial charge in [0, 0.05) is 23.4 Å². The van der Waals surface area contributed by atoms with Gasteiger partial charge in [-0.2, -0.15) is 0 Å². The van der Waals surface area contributed by atoms with E-state index in [1.54, 1.807) is 0 Å². The van der Waals surface area contributed by atoms with Crippen molar-refractivity contribution in [3.05, 3.63) is 108 Å². The Kier molecular flexibility index (Phi) is 5.91. The summed E-state index contributed by atoms with van der Waals surface area (Å²) in [6.07, 6.45) is 2.02. The highest BCUT2D eigenvalue weighted by atomic mass is 15.2. The molecule has 0 aliphatic rings. The van der Waals surface area contributed by atoms with Crippen LogP contribution in [0.25, 0.3) is 5.70 Å². The second-order valence-corrected chi connectivity index (χ2v) is 6.33. The topological polar surface area (TPSA) is 3.24 Å². The van der Waals surface area contributed by atoms with Gasteiger partial charge in [-0.1, -0.05) is 78.6 Å². The zero-order chi connectivity index (χ0) is 18.2. The fourth-order valence-electron chi connectivity index (χ4n) is 2.91. The maximum Gasteiger partial charge on any atom is 0.0571 e. The Morgan fingerprint density at radius 3 is 1.88 bits per heavy atom. The van der Waals surface area contributed by atoms with E-state index in [9.17, 15) is 0 Å². The third kappa shape index (κ3) is 4.43. The fourth-order valence-corrected chi connectivity index (χ4v) is 2.91. The molecule has 0 heterocycles. The minimum Gasteiger partial charge on any atom is -0.338 e. The van der Waals surface area contributed by atoms with Crippen molar-refractivity contribution >= 4 is 11.4 Å². The van der Waals surface area contributed by atoms with Crippen LogP contribution in [0.1, 0.15) is 25.0 Å². The number of benzene rings is 3. The van der Waals surface area contributed by atoms with E-state index >= 15 is 0 Å². The van der Waals surface area contributed by atoms with Crippen LogP contribution < -0.4 is 4.90 Å². The van der Waals surface area contributed by atoms with Crippen LogP contribution in [-0.2, 0) is 0 Å². The summed E-state index contributed by atoms with van der Waals surface area (Å²) < 4.78 is 0. The van der Waals surface area contributed by atoms with Gasteiger partial charge >= 0.3 is 0 Å². The number of allylic oxidation sites excluding steroid dienone is 1. The lowest BCUT2D eigenvalue weighted by atomic mass is 10.1. The van der Waals surface area contributed by atoms with Crippen LogP contribution in [0.4, 0.5) is 5.69 Å². The second kappa shape index (κ2) is 8.74. The van der Waals surface area contributed by atoms with Gasteiger partial charge in [0.25, 0.3) is 0 Å². The van der Waals surface area contributed by atoms with Crippen LogP contribution in [-0.4, -0.2) is 6.04 Å². The van der Waals surface area contributed by atoms with E-state index in [0.717, 1.165) is 16.8 Å². The van der Waals surface area contributed by atoms with Crippen molar-refractivity contribution in [3.63, 3.8) is 0 Å². The molecule has 0 fully saturated rings. The molecule has 0 bridgehead atoms. The molecule has 128 valence electrons. The van der Waals surface area contributed by atoms with Gasteiger partial charge in [0.05, 0.1) is 5.70 Å². The molecule has 26 heavy (non-hydrogen) atoms. The first-order chi connectivity index (χ1) is 12.8. The van der Waals surface area contributed by atoms with Crippen molar-refractivity contribution in [3.8, 4) is 11.8 Å². The van der Waals surface area contributed by atoms with Gasteiger partial charge in [0.2, 0.25) is 0 Å². The predicted octanol–water partition coefficient (Wildman–Crippen LogP) is 5.99. The number of anilines is 1. The Morgan fingerprint density at radius 1 is 0.769 bits per heavy atom. The van der Waals surface area contributed by atoms with Gasteiger partial charge in [-0.05, 0) is 43.7 Å². The summed E-state index contributed by atoms with van der Waals surface area (Å²) in [6, 6.07) is 31.3. The van der Waals surface area contributed by atoms with E-state index in [0.29, 0.717) is 6.04 Å². The Labute approximate surface area is 156 Å². The van der Waals surface area contributed by atoms with E-state index in [1.807, 2.05) is 48.5 Å². The highest BCUT2D eigenvalue weighted by Crippen LogP contribution is 2.28. The summed E-state index contributed by atoms with van der Waals surface area (Å²) in [5.74, 6) is 6.49. The molecule has 3 aromatic carbocycles. The SMILES string of the molecule is CC(C)N(/C(=C\C#Cc1ccccc1)c1ccccc1)c1ccccc1. The lowest BCUT2D eigenvalue weighted by Gasteiger charge is -2.31. The first-order valence-corrected chi connectivity index (χ1v) is 8.92. The molecular formula is C25H23N. The average molecular weight is 337 g/mol. The molecule has 0 aliphatic heterocycles. The normalized spacial score (nSPS) is 11.0. The Bertz CT molecular complexity index is 898. The van der Waals surface area contributed by atoms with Crippen LogP contribution in [0, 0.1) is 11.8 Å². The largest absolute Gasteiger partial charge is 0.338 e. The van der Waals surface area contributed by atoms with Crippen molar-refractivity contribution in [1.29, 1.82) is 0 Å². The van der Waals surface area contributed by atoms with Gasteiger partial charge in [-0.15, -0.1) is 0 Å². The van der Waals surface area contributed by atoms with E-state index in [-0.39, 0.29) is 0 Å². The van der Waals surface area contributed by atoms with Gasteiger partial charge in [0.15, 0.2) is 0 Å². The molecule has 0 spiro atoms. The van der Waals surface area contributed by atoms with Crippen LogP contribution in [0.5, 0.6) is 0 Å². The van der Waals surface area contributed by atoms with Crippen molar-refractivity contribution in [2.75, 3.05) is 4.90 Å². The number of hydrogen-bond acceptors (Lipinski definition) is 1. The number of hydrogen-bond donors (Lipinski definition) is 0. The molecule has 1 heteroatoms. The highest BCUT2D eigenvalue weighted by Gasteiger charge is 2.16. The summed E-state index contributed by atoms with van der Waals surface area (Å²) in [6.45, 7) is 4.41. The standard InChI is InChI=1S/C25H23N/c1-21(2)26(24-18-10-5-11-19-24)25(23-16-8-4-9-17-23)20-12-15-22-13-6-3-7-14-22/h3-11,13-14,16-21H,1-2H3/b25-20-. The molecule has 3 rings (SSSR count). The molecule has 0 saturated carbocycles. The van der Waals surface area contributed by atoms with E-state index in [1.165, 1.54) is 5.69 Å². The Hall–Kier alpha value is -3.24. The van der Waals surface area contributed by atoms with Crippen molar-refractivity contribution in [2.24, 2.45) is 0 Å². The fraction of sp³-hybridized carbons (Fsp3) is 0.120. The van der Waals surface area contributed by atoms with Crippen molar-refractivity contribution < 1.29 is 0 Å². The molecule has 0 unspecified atom stereocenters. The van der Waals surface area contributed by atoms with E-state index in [2.05, 4.69) is 79.1 Å². The molecule has 0 aliphatic carbocycles. The van der Waals surface area contributed by atoms with Crippen LogP contribution in [0.2, 0.25) is 0 Å². The first kappa shape index (κ1) is 17.6. The zero-order valence-corrected chi connectivity index (χ0v) is 15.3. The molecule has 3 aromatic rings. The minimum atomic E-state index is 0.308. The Morgan fingerprint density at radius 2 is 1.31 bits per heavy atom. The minimum absolute atomic E-state index is 0.308. The zero-order valence-electron chi connectivity index (χ0n) is 15.3. The summed E-state index contributed by atoms with van der Waals surface area (Å²) in [4.78, 5) is 2.33. The monoisotopic (exact) mass is 337 g/mol. The lowest BCUT2D eigenvalue weighted by Crippen LogP contribution is -2.29. The second-order valence-electron chi connectivity index (χ2n) is 6.33. The van der Waals surface area contributed by atoms with Crippen LogP contribution >= 0.6 is 0 Å². The van der Waals surface area contributed by atoms with Gasteiger partial charge in [0.1, 0.15) is 0 Å². The molecule has 0 atom stereocenters. The van der Waals surface area contributed by atoms with E-state index < -0.39 is 0 Å². The number of rotatable bonds is 4. The molecule has 0 saturated heterocycles. The quantitative estimate of drug-likeness (QED) is 0.528. The summed E-state index contributed by atoms with van der Waals surface area (Å²) in [5.41, 5.74) is 4.45. The smallest absolute Gasteiger partial charge is 0.0571 e. The Balaban J connectivity index is 2.06. The average Bonchev–Trinajstić information content (AvgIpc) is 2.69. The number of para-hydroxylation sites is 1. The summed E-state index contributed by atoms with van der Waals surface area (Å²) in [5, 5.41) is 0. The lowest BCUT2D eigenvalue weighted by molar-refractivity contribution is 0.794. The third-order valence-corrected chi connectivity index (χ3v) is 4.08.